The van der Waals surface area contributed by atoms with Crippen molar-refractivity contribution in [2.75, 3.05) is 24.5 Å². The van der Waals surface area contributed by atoms with Crippen molar-refractivity contribution in [3.8, 4) is 0 Å². The first-order valence-electron chi connectivity index (χ1n) is 5.03. The Bertz CT molecular complexity index is 313. The molecule has 0 aromatic carbocycles. The van der Waals surface area contributed by atoms with Gasteiger partial charge in [-0.25, -0.2) is 4.98 Å². The number of rotatable bonds is 1. The highest BCUT2D eigenvalue weighted by Crippen LogP contribution is 2.15. The third-order valence-electron chi connectivity index (χ3n) is 2.52. The molecule has 1 unspecified atom stereocenters. The Kier molecular flexibility index (Phi) is 2.63. The summed E-state index contributed by atoms with van der Waals surface area (Å²) in [4.78, 5) is 10.9. The smallest absolute Gasteiger partial charge is 0.150 e. The predicted molar refractivity (Wildman–Crippen MR) is 56.4 cm³/mol. The maximum atomic E-state index is 4.37. The minimum atomic E-state index is 0.533. The van der Waals surface area contributed by atoms with Crippen molar-refractivity contribution in [3.63, 3.8) is 0 Å². The summed E-state index contributed by atoms with van der Waals surface area (Å²) in [6, 6.07) is 0.533. The van der Waals surface area contributed by atoms with Crippen LogP contribution < -0.4 is 10.2 Å². The molecule has 1 fully saturated rings. The molecular formula is C10H16N4. The summed E-state index contributed by atoms with van der Waals surface area (Å²) < 4.78 is 0. The number of nitrogens with zero attached hydrogens (tertiary/aromatic N) is 3. The van der Waals surface area contributed by atoms with Gasteiger partial charge in [0.2, 0.25) is 0 Å². The number of hydrogen-bond donors (Lipinski definition) is 1. The predicted octanol–water partition coefficient (Wildman–Crippen LogP) is 0.583. The van der Waals surface area contributed by atoms with E-state index in [2.05, 4.69) is 27.1 Å². The normalized spacial score (nSPS) is 22.4. The van der Waals surface area contributed by atoms with Crippen LogP contribution >= 0.6 is 0 Å². The van der Waals surface area contributed by atoms with E-state index in [1.807, 2.05) is 6.92 Å². The molecule has 0 saturated carbocycles. The molecule has 1 aromatic heterocycles. The van der Waals surface area contributed by atoms with Gasteiger partial charge < -0.3 is 10.2 Å². The van der Waals surface area contributed by atoms with E-state index in [0.29, 0.717) is 6.04 Å². The molecule has 0 bridgehead atoms. The minimum Gasteiger partial charge on any atom is -0.352 e. The number of anilines is 1. The zero-order valence-electron chi connectivity index (χ0n) is 8.70. The van der Waals surface area contributed by atoms with Gasteiger partial charge in [-0.05, 0) is 13.8 Å². The molecule has 1 aromatic rings. The molecule has 1 saturated heterocycles. The number of aromatic nitrogens is 2. The van der Waals surface area contributed by atoms with E-state index in [9.17, 15) is 0 Å². The number of nitrogens with one attached hydrogen (secondary N) is 1. The first-order chi connectivity index (χ1) is 6.77. The third-order valence-corrected chi connectivity index (χ3v) is 2.52. The third kappa shape index (κ3) is 1.85. The minimum absolute atomic E-state index is 0.533. The van der Waals surface area contributed by atoms with Crippen LogP contribution in [0.1, 0.15) is 12.6 Å². The van der Waals surface area contributed by atoms with Crippen molar-refractivity contribution < 1.29 is 0 Å². The Morgan fingerprint density at radius 1 is 1.43 bits per heavy atom. The van der Waals surface area contributed by atoms with Gasteiger partial charge in [0.25, 0.3) is 0 Å². The SMILES string of the molecule is Cc1nccnc1N1CCNC(C)C1. The lowest BCUT2D eigenvalue weighted by Crippen LogP contribution is -2.49. The fourth-order valence-electron chi connectivity index (χ4n) is 1.84. The van der Waals surface area contributed by atoms with Gasteiger partial charge in [-0.3, -0.25) is 4.98 Å². The van der Waals surface area contributed by atoms with Gasteiger partial charge in [0.05, 0.1) is 5.69 Å². The Morgan fingerprint density at radius 3 is 2.93 bits per heavy atom. The second kappa shape index (κ2) is 3.92. The summed E-state index contributed by atoms with van der Waals surface area (Å²) in [5.41, 5.74) is 1.02. The van der Waals surface area contributed by atoms with Crippen LogP contribution in [-0.2, 0) is 0 Å². The first-order valence-corrected chi connectivity index (χ1v) is 5.03. The lowest BCUT2D eigenvalue weighted by atomic mass is 10.2. The van der Waals surface area contributed by atoms with Crippen molar-refractivity contribution >= 4 is 5.82 Å². The van der Waals surface area contributed by atoms with Crippen molar-refractivity contribution in [1.29, 1.82) is 0 Å². The lowest BCUT2D eigenvalue weighted by molar-refractivity contribution is 0.481. The van der Waals surface area contributed by atoms with Gasteiger partial charge in [-0.15, -0.1) is 0 Å². The molecule has 0 radical (unpaired) electrons. The summed E-state index contributed by atoms with van der Waals surface area (Å²) >= 11 is 0. The highest BCUT2D eigenvalue weighted by atomic mass is 15.2. The van der Waals surface area contributed by atoms with Gasteiger partial charge >= 0.3 is 0 Å². The quantitative estimate of drug-likeness (QED) is 0.707. The monoisotopic (exact) mass is 192 g/mol. The molecule has 4 nitrogen and oxygen atoms in total. The molecule has 1 aliphatic rings. The van der Waals surface area contributed by atoms with E-state index in [4.69, 9.17) is 0 Å². The largest absolute Gasteiger partial charge is 0.352 e. The van der Waals surface area contributed by atoms with E-state index in [1.54, 1.807) is 12.4 Å². The molecular weight excluding hydrogens is 176 g/mol. The number of aryl methyl sites for hydroxylation is 1. The van der Waals surface area contributed by atoms with Crippen LogP contribution in [0.5, 0.6) is 0 Å². The van der Waals surface area contributed by atoms with E-state index in [-0.39, 0.29) is 0 Å². The average molecular weight is 192 g/mol. The molecule has 2 rings (SSSR count). The Balaban J connectivity index is 2.18. The molecule has 76 valence electrons. The topological polar surface area (TPSA) is 41.1 Å². The number of piperazine rings is 1. The molecule has 14 heavy (non-hydrogen) atoms. The van der Waals surface area contributed by atoms with Crippen LogP contribution in [-0.4, -0.2) is 35.6 Å². The van der Waals surface area contributed by atoms with E-state index < -0.39 is 0 Å². The maximum Gasteiger partial charge on any atom is 0.150 e. The molecule has 1 atom stereocenters. The summed E-state index contributed by atoms with van der Waals surface area (Å²) in [6.45, 7) is 7.26. The van der Waals surface area contributed by atoms with Crippen LogP contribution in [0.15, 0.2) is 12.4 Å². The molecule has 2 heterocycles. The Hall–Kier alpha value is -1.16. The van der Waals surface area contributed by atoms with Crippen LogP contribution in [0.3, 0.4) is 0 Å². The first kappa shape index (κ1) is 9.40. The van der Waals surface area contributed by atoms with Gasteiger partial charge in [0.15, 0.2) is 0 Å². The fourth-order valence-corrected chi connectivity index (χ4v) is 1.84. The van der Waals surface area contributed by atoms with Crippen LogP contribution in [0.25, 0.3) is 0 Å². The van der Waals surface area contributed by atoms with Crippen molar-refractivity contribution in [1.82, 2.24) is 15.3 Å². The average Bonchev–Trinajstić information content (AvgIpc) is 2.18. The van der Waals surface area contributed by atoms with Gasteiger partial charge in [-0.2, -0.15) is 0 Å². The highest BCUT2D eigenvalue weighted by molar-refractivity contribution is 5.42. The highest BCUT2D eigenvalue weighted by Gasteiger charge is 2.18. The summed E-state index contributed by atoms with van der Waals surface area (Å²) in [7, 11) is 0. The van der Waals surface area contributed by atoms with Crippen LogP contribution in [0.4, 0.5) is 5.82 Å². The Labute approximate surface area is 84.4 Å². The second-order valence-electron chi connectivity index (χ2n) is 3.77. The molecule has 4 heteroatoms. The fraction of sp³-hybridized carbons (Fsp3) is 0.600. The van der Waals surface area contributed by atoms with Gasteiger partial charge in [-0.1, -0.05) is 0 Å². The second-order valence-corrected chi connectivity index (χ2v) is 3.77. The molecule has 1 N–H and O–H groups in total. The van der Waals surface area contributed by atoms with E-state index in [0.717, 1.165) is 31.1 Å². The van der Waals surface area contributed by atoms with Crippen molar-refractivity contribution in [2.45, 2.75) is 19.9 Å². The van der Waals surface area contributed by atoms with E-state index >= 15 is 0 Å². The lowest BCUT2D eigenvalue weighted by Gasteiger charge is -2.33. The zero-order chi connectivity index (χ0) is 9.97. The zero-order valence-corrected chi connectivity index (χ0v) is 8.70. The van der Waals surface area contributed by atoms with Gasteiger partial charge in [0.1, 0.15) is 5.82 Å². The number of hydrogen-bond acceptors (Lipinski definition) is 4. The van der Waals surface area contributed by atoms with E-state index in [1.165, 1.54) is 0 Å². The van der Waals surface area contributed by atoms with Crippen LogP contribution in [0, 0.1) is 6.92 Å². The molecule has 0 aliphatic carbocycles. The summed E-state index contributed by atoms with van der Waals surface area (Å²) in [6.07, 6.45) is 3.50. The Morgan fingerprint density at radius 2 is 2.21 bits per heavy atom. The molecule has 0 amide bonds. The molecule has 0 spiro atoms. The van der Waals surface area contributed by atoms with Crippen molar-refractivity contribution in [3.05, 3.63) is 18.1 Å². The van der Waals surface area contributed by atoms with Gasteiger partial charge in [0, 0.05) is 38.1 Å². The van der Waals surface area contributed by atoms with Crippen LogP contribution in [0.2, 0.25) is 0 Å². The van der Waals surface area contributed by atoms with Crippen molar-refractivity contribution in [2.24, 2.45) is 0 Å². The maximum absolute atomic E-state index is 4.37. The standard InChI is InChI=1S/C10H16N4/c1-8-7-14(6-5-11-8)10-9(2)12-3-4-13-10/h3-4,8,11H,5-7H2,1-2H3. The summed E-state index contributed by atoms with van der Waals surface area (Å²) in [5, 5.41) is 3.41. The summed E-state index contributed by atoms with van der Waals surface area (Å²) in [5.74, 6) is 1.03. The molecule has 1 aliphatic heterocycles.